The van der Waals surface area contributed by atoms with Crippen LogP contribution in [0.5, 0.6) is 0 Å². The molecule has 0 bridgehead atoms. The number of benzene rings is 1. The number of halogens is 1. The lowest BCUT2D eigenvalue weighted by Gasteiger charge is -2.12. The molecule has 1 saturated carbocycles. The molecule has 3 aromatic rings. The van der Waals surface area contributed by atoms with Gasteiger partial charge in [-0.1, -0.05) is 17.4 Å². The summed E-state index contributed by atoms with van der Waals surface area (Å²) in [6.45, 7) is 1.64. The predicted octanol–water partition coefficient (Wildman–Crippen LogP) is 4.02. The SMILES string of the molecule is Cc1cc(F)c(C(=O)Nc2ccc(CC3CC3)cn2)cc1NC(=O)c1cnc(N)s1. The maximum Gasteiger partial charge on any atom is 0.267 e. The van der Waals surface area contributed by atoms with E-state index in [-0.39, 0.29) is 10.7 Å². The second-order valence-electron chi connectivity index (χ2n) is 7.32. The number of hydrogen-bond acceptors (Lipinski definition) is 6. The summed E-state index contributed by atoms with van der Waals surface area (Å²) in [5.41, 5.74) is 7.29. The van der Waals surface area contributed by atoms with Crippen LogP contribution >= 0.6 is 11.3 Å². The second-order valence-corrected chi connectivity index (χ2v) is 8.38. The summed E-state index contributed by atoms with van der Waals surface area (Å²) in [5, 5.41) is 5.54. The lowest BCUT2D eigenvalue weighted by molar-refractivity contribution is 0.101. The summed E-state index contributed by atoms with van der Waals surface area (Å²) in [7, 11) is 0. The molecule has 4 rings (SSSR count). The molecule has 0 atom stereocenters. The number of nitrogen functional groups attached to an aromatic ring is 1. The molecule has 4 N–H and O–H groups in total. The highest BCUT2D eigenvalue weighted by Crippen LogP contribution is 2.32. The minimum atomic E-state index is -0.685. The van der Waals surface area contributed by atoms with Gasteiger partial charge in [-0.3, -0.25) is 9.59 Å². The van der Waals surface area contributed by atoms with E-state index in [2.05, 4.69) is 20.6 Å². The minimum absolute atomic E-state index is 0.191. The Morgan fingerprint density at radius 3 is 2.60 bits per heavy atom. The topological polar surface area (TPSA) is 110 Å². The monoisotopic (exact) mass is 425 g/mol. The summed E-state index contributed by atoms with van der Waals surface area (Å²) < 4.78 is 14.4. The van der Waals surface area contributed by atoms with Crippen LogP contribution in [0, 0.1) is 18.7 Å². The van der Waals surface area contributed by atoms with Crippen molar-refractivity contribution >= 4 is 39.8 Å². The Kier molecular flexibility index (Phi) is 5.45. The Labute approximate surface area is 176 Å². The van der Waals surface area contributed by atoms with Crippen molar-refractivity contribution in [2.45, 2.75) is 26.2 Å². The van der Waals surface area contributed by atoms with Gasteiger partial charge in [0, 0.05) is 11.9 Å². The highest BCUT2D eigenvalue weighted by atomic mass is 32.1. The number of pyridine rings is 1. The summed E-state index contributed by atoms with van der Waals surface area (Å²) in [4.78, 5) is 33.3. The van der Waals surface area contributed by atoms with Crippen molar-refractivity contribution in [1.29, 1.82) is 0 Å². The molecule has 30 heavy (non-hydrogen) atoms. The molecule has 154 valence electrons. The molecule has 7 nitrogen and oxygen atoms in total. The number of rotatable bonds is 6. The quantitative estimate of drug-likeness (QED) is 0.552. The van der Waals surface area contributed by atoms with Gasteiger partial charge in [0.15, 0.2) is 5.13 Å². The maximum absolute atomic E-state index is 14.4. The normalized spacial score (nSPS) is 13.1. The molecule has 1 fully saturated rings. The van der Waals surface area contributed by atoms with Crippen LogP contribution in [0.4, 0.5) is 21.0 Å². The first-order valence-electron chi connectivity index (χ1n) is 9.48. The van der Waals surface area contributed by atoms with E-state index in [1.54, 1.807) is 19.2 Å². The molecule has 2 aromatic heterocycles. The van der Waals surface area contributed by atoms with Crippen molar-refractivity contribution in [3.8, 4) is 0 Å². The number of aromatic nitrogens is 2. The third kappa shape index (κ3) is 4.62. The average molecular weight is 425 g/mol. The number of nitrogens with one attached hydrogen (secondary N) is 2. The van der Waals surface area contributed by atoms with Crippen molar-refractivity contribution in [3.05, 3.63) is 64.0 Å². The molecule has 0 aliphatic heterocycles. The van der Waals surface area contributed by atoms with Crippen molar-refractivity contribution < 1.29 is 14.0 Å². The van der Waals surface area contributed by atoms with E-state index in [0.29, 0.717) is 21.9 Å². The fraction of sp³-hybridized carbons (Fsp3) is 0.238. The van der Waals surface area contributed by atoms with Crippen LogP contribution in [-0.4, -0.2) is 21.8 Å². The molecule has 0 spiro atoms. The molecule has 1 aliphatic rings. The van der Waals surface area contributed by atoms with E-state index in [1.165, 1.54) is 31.2 Å². The third-order valence-corrected chi connectivity index (χ3v) is 5.67. The fourth-order valence-corrected chi connectivity index (χ4v) is 3.60. The van der Waals surface area contributed by atoms with Gasteiger partial charge in [-0.05, 0) is 61.4 Å². The fourth-order valence-electron chi connectivity index (χ4n) is 3.02. The van der Waals surface area contributed by atoms with Gasteiger partial charge in [0.2, 0.25) is 0 Å². The van der Waals surface area contributed by atoms with Gasteiger partial charge in [-0.25, -0.2) is 14.4 Å². The first-order valence-corrected chi connectivity index (χ1v) is 10.3. The third-order valence-electron chi connectivity index (χ3n) is 4.84. The van der Waals surface area contributed by atoms with Gasteiger partial charge in [0.05, 0.1) is 11.8 Å². The number of nitrogens with two attached hydrogens (primary N) is 1. The molecule has 2 amide bonds. The minimum Gasteiger partial charge on any atom is -0.375 e. The van der Waals surface area contributed by atoms with E-state index < -0.39 is 17.6 Å². The molecule has 0 saturated heterocycles. The van der Waals surface area contributed by atoms with Gasteiger partial charge in [-0.15, -0.1) is 0 Å². The van der Waals surface area contributed by atoms with Crippen LogP contribution in [-0.2, 0) is 6.42 Å². The smallest absolute Gasteiger partial charge is 0.267 e. The largest absolute Gasteiger partial charge is 0.375 e. The average Bonchev–Trinajstić information content (AvgIpc) is 3.42. The number of thiazole rings is 1. The molecule has 2 heterocycles. The first kappa shape index (κ1) is 20.0. The van der Waals surface area contributed by atoms with Crippen molar-refractivity contribution in [1.82, 2.24) is 9.97 Å². The van der Waals surface area contributed by atoms with Crippen LogP contribution < -0.4 is 16.4 Å². The van der Waals surface area contributed by atoms with Crippen LogP contribution in [0.3, 0.4) is 0 Å². The zero-order chi connectivity index (χ0) is 21.3. The highest BCUT2D eigenvalue weighted by Gasteiger charge is 2.22. The number of hydrogen-bond donors (Lipinski definition) is 3. The highest BCUT2D eigenvalue weighted by molar-refractivity contribution is 7.17. The van der Waals surface area contributed by atoms with Gasteiger partial charge >= 0.3 is 0 Å². The Bertz CT molecular complexity index is 1110. The van der Waals surface area contributed by atoms with E-state index in [4.69, 9.17) is 5.73 Å². The van der Waals surface area contributed by atoms with Gasteiger partial charge in [0.1, 0.15) is 16.5 Å². The molecule has 1 aromatic carbocycles. The van der Waals surface area contributed by atoms with E-state index in [0.717, 1.165) is 29.2 Å². The van der Waals surface area contributed by atoms with Gasteiger partial charge in [0.25, 0.3) is 11.8 Å². The number of amides is 2. The zero-order valence-corrected chi connectivity index (χ0v) is 17.1. The predicted molar refractivity (Wildman–Crippen MR) is 114 cm³/mol. The van der Waals surface area contributed by atoms with Crippen molar-refractivity contribution in [2.24, 2.45) is 5.92 Å². The number of anilines is 3. The number of carbonyl (C=O) groups excluding carboxylic acids is 2. The molecule has 0 unspecified atom stereocenters. The van der Waals surface area contributed by atoms with E-state index in [1.807, 2.05) is 6.07 Å². The second kappa shape index (κ2) is 8.19. The van der Waals surface area contributed by atoms with E-state index >= 15 is 0 Å². The van der Waals surface area contributed by atoms with Gasteiger partial charge in [-0.2, -0.15) is 0 Å². The first-order chi connectivity index (χ1) is 14.4. The number of aryl methyl sites for hydroxylation is 1. The summed E-state index contributed by atoms with van der Waals surface area (Å²) in [6, 6.07) is 6.14. The van der Waals surface area contributed by atoms with Crippen LogP contribution in [0.25, 0.3) is 0 Å². The zero-order valence-electron chi connectivity index (χ0n) is 16.2. The van der Waals surface area contributed by atoms with Crippen molar-refractivity contribution in [2.75, 3.05) is 16.4 Å². The van der Waals surface area contributed by atoms with Crippen LogP contribution in [0.1, 0.15) is 44.0 Å². The summed E-state index contributed by atoms with van der Waals surface area (Å²) in [5.74, 6) is -0.685. The summed E-state index contributed by atoms with van der Waals surface area (Å²) in [6.07, 6.45) is 6.58. The lowest BCUT2D eigenvalue weighted by Crippen LogP contribution is -2.17. The molecular weight excluding hydrogens is 405 g/mol. The number of nitrogens with zero attached hydrogens (tertiary/aromatic N) is 2. The molecule has 0 radical (unpaired) electrons. The molecular formula is C21H20FN5O2S. The Balaban J connectivity index is 1.49. The number of carbonyl (C=O) groups is 2. The maximum atomic E-state index is 14.4. The standard InChI is InChI=1S/C21H20FN5O2S/c1-11-6-15(22)14(8-16(11)26-20(29)17-10-25-21(23)30-17)19(28)27-18-5-4-13(9-24-18)7-12-2-3-12/h4-6,8-10,12H,2-3,7H2,1H3,(H2,23,25)(H,26,29)(H,24,27,28). The van der Waals surface area contributed by atoms with Crippen molar-refractivity contribution in [3.63, 3.8) is 0 Å². The van der Waals surface area contributed by atoms with Crippen LogP contribution in [0.2, 0.25) is 0 Å². The Morgan fingerprint density at radius 2 is 1.97 bits per heavy atom. The molecule has 9 heteroatoms. The lowest BCUT2D eigenvalue weighted by atomic mass is 10.1. The van der Waals surface area contributed by atoms with E-state index in [9.17, 15) is 14.0 Å². The molecule has 1 aliphatic carbocycles. The Morgan fingerprint density at radius 1 is 1.17 bits per heavy atom. The van der Waals surface area contributed by atoms with Gasteiger partial charge < -0.3 is 16.4 Å². The van der Waals surface area contributed by atoms with Crippen LogP contribution in [0.15, 0.2) is 36.7 Å². The Hall–Kier alpha value is -3.33. The summed E-state index contributed by atoms with van der Waals surface area (Å²) >= 11 is 1.04.